The van der Waals surface area contributed by atoms with Crippen LogP contribution in [0.25, 0.3) is 0 Å². The first kappa shape index (κ1) is 12.1. The zero-order valence-corrected chi connectivity index (χ0v) is 10.8. The highest BCUT2D eigenvalue weighted by Crippen LogP contribution is 2.29. The van der Waals surface area contributed by atoms with Crippen molar-refractivity contribution in [2.24, 2.45) is 5.92 Å². The Balaban J connectivity index is 1.74. The van der Waals surface area contributed by atoms with Crippen LogP contribution < -0.4 is 5.32 Å². The molecule has 0 aromatic rings. The molecule has 2 atom stereocenters. The molecule has 1 heterocycles. The summed E-state index contributed by atoms with van der Waals surface area (Å²) in [5.74, 6) is 0.844. The molecule has 1 aliphatic carbocycles. The molecule has 2 aliphatic rings. The Labute approximate surface area is 100 Å². The number of nitrogens with one attached hydrogen (secondary N) is 1. The fourth-order valence-corrected chi connectivity index (χ4v) is 2.98. The van der Waals surface area contributed by atoms with Crippen molar-refractivity contribution in [3.63, 3.8) is 0 Å². The smallest absolute Gasteiger partial charge is 0.0105 e. The van der Waals surface area contributed by atoms with Crippen molar-refractivity contribution < 1.29 is 0 Å². The van der Waals surface area contributed by atoms with Crippen molar-refractivity contribution >= 4 is 0 Å². The van der Waals surface area contributed by atoms with Gasteiger partial charge in [-0.2, -0.15) is 0 Å². The summed E-state index contributed by atoms with van der Waals surface area (Å²) in [5.41, 5.74) is 1.67. The van der Waals surface area contributed by atoms with Crippen LogP contribution in [0.5, 0.6) is 0 Å². The quantitative estimate of drug-likeness (QED) is 0.735. The summed E-state index contributed by atoms with van der Waals surface area (Å²) in [6.07, 6.45) is 9.15. The lowest BCUT2D eigenvalue weighted by Crippen LogP contribution is -2.37. The van der Waals surface area contributed by atoms with E-state index in [-0.39, 0.29) is 0 Å². The summed E-state index contributed by atoms with van der Waals surface area (Å²) in [5, 5.41) is 3.49. The molecule has 1 fully saturated rings. The van der Waals surface area contributed by atoms with Crippen molar-refractivity contribution in [1.82, 2.24) is 10.2 Å². The highest BCUT2D eigenvalue weighted by atomic mass is 15.1. The molecule has 92 valence electrons. The number of allylic oxidation sites excluding steroid dienone is 1. The second-order valence-electron chi connectivity index (χ2n) is 5.42. The van der Waals surface area contributed by atoms with Gasteiger partial charge in [-0.25, -0.2) is 0 Å². The second-order valence-corrected chi connectivity index (χ2v) is 5.42. The predicted octanol–water partition coefficient (Wildman–Crippen LogP) is 2.42. The van der Waals surface area contributed by atoms with Gasteiger partial charge in [-0.05, 0) is 58.2 Å². The van der Waals surface area contributed by atoms with Crippen molar-refractivity contribution in [2.75, 3.05) is 26.7 Å². The van der Waals surface area contributed by atoms with Crippen LogP contribution >= 0.6 is 0 Å². The highest BCUT2D eigenvalue weighted by Gasteiger charge is 2.23. The average molecular weight is 222 g/mol. The van der Waals surface area contributed by atoms with Gasteiger partial charge in [0, 0.05) is 12.6 Å². The van der Waals surface area contributed by atoms with E-state index in [2.05, 4.69) is 30.3 Å². The molecule has 0 aromatic heterocycles. The Hall–Kier alpha value is -0.340. The zero-order valence-electron chi connectivity index (χ0n) is 10.8. The minimum Gasteiger partial charge on any atom is -0.317 e. The van der Waals surface area contributed by atoms with Gasteiger partial charge in [0.1, 0.15) is 0 Å². The third kappa shape index (κ3) is 3.08. The van der Waals surface area contributed by atoms with E-state index in [1.54, 1.807) is 5.57 Å². The average Bonchev–Trinajstić information content (AvgIpc) is 2.50. The monoisotopic (exact) mass is 222 g/mol. The third-order valence-electron chi connectivity index (χ3n) is 4.14. The topological polar surface area (TPSA) is 15.3 Å². The summed E-state index contributed by atoms with van der Waals surface area (Å²) in [6.45, 7) is 5.96. The van der Waals surface area contributed by atoms with Gasteiger partial charge in [-0.15, -0.1) is 0 Å². The van der Waals surface area contributed by atoms with Gasteiger partial charge in [0.2, 0.25) is 0 Å². The molecule has 0 radical (unpaired) electrons. The molecule has 1 N–H and O–H groups in total. The van der Waals surface area contributed by atoms with E-state index in [9.17, 15) is 0 Å². The van der Waals surface area contributed by atoms with E-state index < -0.39 is 0 Å². The first-order valence-corrected chi connectivity index (χ1v) is 6.90. The van der Waals surface area contributed by atoms with Gasteiger partial charge in [0.05, 0.1) is 0 Å². The predicted molar refractivity (Wildman–Crippen MR) is 69.6 cm³/mol. The first-order chi connectivity index (χ1) is 7.79. The lowest BCUT2D eigenvalue weighted by Gasteiger charge is -2.33. The highest BCUT2D eigenvalue weighted by molar-refractivity contribution is 5.16. The van der Waals surface area contributed by atoms with Gasteiger partial charge < -0.3 is 10.2 Å². The third-order valence-corrected chi connectivity index (χ3v) is 4.14. The molecule has 2 rings (SSSR count). The Bertz CT molecular complexity index is 239. The van der Waals surface area contributed by atoms with E-state index in [0.717, 1.165) is 12.0 Å². The lowest BCUT2D eigenvalue weighted by atomic mass is 9.84. The van der Waals surface area contributed by atoms with Crippen LogP contribution in [0.4, 0.5) is 0 Å². The van der Waals surface area contributed by atoms with Crippen LogP contribution in [0.2, 0.25) is 0 Å². The molecule has 1 aliphatic heterocycles. The summed E-state index contributed by atoms with van der Waals surface area (Å²) in [7, 11) is 2.31. The SMILES string of the molecule is CCC1=CC(CN(C)C2CCCNCC2)C1. The molecular formula is C14H26N2. The standard InChI is InChI=1S/C14H26N2/c1-3-12-9-13(10-12)11-16(2)14-5-4-7-15-8-6-14/h9,13-15H,3-8,10-11H2,1-2H3. The van der Waals surface area contributed by atoms with Crippen LogP contribution in [0.15, 0.2) is 11.6 Å². The fourth-order valence-electron chi connectivity index (χ4n) is 2.98. The van der Waals surface area contributed by atoms with Gasteiger partial charge in [0.15, 0.2) is 0 Å². The van der Waals surface area contributed by atoms with Crippen LogP contribution in [-0.2, 0) is 0 Å². The van der Waals surface area contributed by atoms with Gasteiger partial charge in [-0.1, -0.05) is 18.6 Å². The van der Waals surface area contributed by atoms with E-state index in [1.165, 1.54) is 51.7 Å². The first-order valence-electron chi connectivity index (χ1n) is 6.90. The molecule has 0 amide bonds. The van der Waals surface area contributed by atoms with Crippen LogP contribution in [0.1, 0.15) is 39.0 Å². The van der Waals surface area contributed by atoms with Crippen molar-refractivity contribution in [3.05, 3.63) is 11.6 Å². The molecule has 16 heavy (non-hydrogen) atoms. The van der Waals surface area contributed by atoms with Gasteiger partial charge >= 0.3 is 0 Å². The van der Waals surface area contributed by atoms with Crippen LogP contribution in [0, 0.1) is 5.92 Å². The number of nitrogens with zero attached hydrogens (tertiary/aromatic N) is 1. The summed E-state index contributed by atoms with van der Waals surface area (Å²) in [6, 6.07) is 0.814. The number of rotatable bonds is 4. The fraction of sp³-hybridized carbons (Fsp3) is 0.857. The maximum atomic E-state index is 3.49. The zero-order chi connectivity index (χ0) is 11.4. The normalized spacial score (nSPS) is 30.8. The van der Waals surface area contributed by atoms with E-state index in [4.69, 9.17) is 0 Å². The van der Waals surface area contributed by atoms with Crippen molar-refractivity contribution in [3.8, 4) is 0 Å². The Morgan fingerprint density at radius 2 is 2.19 bits per heavy atom. The Kier molecular flexibility index (Phi) is 4.42. The Morgan fingerprint density at radius 1 is 1.38 bits per heavy atom. The molecule has 0 aromatic carbocycles. The van der Waals surface area contributed by atoms with E-state index in [0.29, 0.717) is 0 Å². The molecule has 2 heteroatoms. The van der Waals surface area contributed by atoms with Crippen LogP contribution in [-0.4, -0.2) is 37.6 Å². The molecular weight excluding hydrogens is 196 g/mol. The molecule has 0 saturated carbocycles. The number of hydrogen-bond acceptors (Lipinski definition) is 2. The van der Waals surface area contributed by atoms with Crippen molar-refractivity contribution in [2.45, 2.75) is 45.1 Å². The lowest BCUT2D eigenvalue weighted by molar-refractivity contribution is 0.198. The van der Waals surface area contributed by atoms with E-state index >= 15 is 0 Å². The van der Waals surface area contributed by atoms with Crippen LogP contribution in [0.3, 0.4) is 0 Å². The minimum absolute atomic E-state index is 0.814. The van der Waals surface area contributed by atoms with Gasteiger partial charge in [0.25, 0.3) is 0 Å². The van der Waals surface area contributed by atoms with Gasteiger partial charge in [-0.3, -0.25) is 0 Å². The molecule has 0 bridgehead atoms. The number of hydrogen-bond donors (Lipinski definition) is 1. The molecule has 2 unspecified atom stereocenters. The summed E-state index contributed by atoms with van der Waals surface area (Å²) >= 11 is 0. The minimum atomic E-state index is 0.814. The van der Waals surface area contributed by atoms with Crippen molar-refractivity contribution in [1.29, 1.82) is 0 Å². The van der Waals surface area contributed by atoms with E-state index in [1.807, 2.05) is 0 Å². The molecule has 1 saturated heterocycles. The summed E-state index contributed by atoms with van der Waals surface area (Å²) < 4.78 is 0. The largest absolute Gasteiger partial charge is 0.317 e. The summed E-state index contributed by atoms with van der Waals surface area (Å²) in [4.78, 5) is 2.60. The molecule has 2 nitrogen and oxygen atoms in total. The maximum Gasteiger partial charge on any atom is 0.0105 e. The second kappa shape index (κ2) is 5.83. The maximum absolute atomic E-state index is 3.49. The molecule has 0 spiro atoms. The Morgan fingerprint density at radius 3 is 2.94 bits per heavy atom.